The van der Waals surface area contributed by atoms with Gasteiger partial charge in [0.2, 0.25) is 5.75 Å². The second kappa shape index (κ2) is 7.85. The topological polar surface area (TPSA) is 74.3 Å². The Balaban J connectivity index is 1.64. The quantitative estimate of drug-likeness (QED) is 0.763. The van der Waals surface area contributed by atoms with Crippen molar-refractivity contribution in [3.8, 4) is 17.2 Å². The van der Waals surface area contributed by atoms with Gasteiger partial charge < -0.3 is 23.8 Å². The molecular formula is C19H25NO6. The van der Waals surface area contributed by atoms with Crippen LogP contribution in [-0.2, 0) is 9.53 Å². The van der Waals surface area contributed by atoms with E-state index in [0.717, 1.165) is 6.42 Å². The van der Waals surface area contributed by atoms with Gasteiger partial charge in [0.25, 0.3) is 5.91 Å². The molecule has 0 N–H and O–H groups in total. The highest BCUT2D eigenvalue weighted by atomic mass is 16.6. The van der Waals surface area contributed by atoms with Crippen LogP contribution in [0.2, 0.25) is 0 Å². The summed E-state index contributed by atoms with van der Waals surface area (Å²) in [6.45, 7) is 6.23. The number of carbonyl (C=O) groups excluding carboxylic acids is 2. The van der Waals surface area contributed by atoms with Gasteiger partial charge in [-0.1, -0.05) is 13.8 Å². The Hall–Kier alpha value is -2.44. The molecular weight excluding hydrogens is 338 g/mol. The molecule has 7 nitrogen and oxygen atoms in total. The maximum Gasteiger partial charge on any atom is 0.338 e. The summed E-state index contributed by atoms with van der Waals surface area (Å²) in [5, 5.41) is 0. The summed E-state index contributed by atoms with van der Waals surface area (Å²) in [6.07, 6.45) is 1.11. The van der Waals surface area contributed by atoms with Gasteiger partial charge in [0.1, 0.15) is 13.2 Å². The van der Waals surface area contributed by atoms with E-state index in [9.17, 15) is 9.59 Å². The summed E-state index contributed by atoms with van der Waals surface area (Å²) in [5.74, 6) is 1.48. The first-order valence-electron chi connectivity index (χ1n) is 8.90. The van der Waals surface area contributed by atoms with Crippen LogP contribution in [0.15, 0.2) is 12.1 Å². The zero-order valence-corrected chi connectivity index (χ0v) is 15.4. The fraction of sp³-hybridized carbons (Fsp3) is 0.579. The molecule has 1 aromatic carbocycles. The van der Waals surface area contributed by atoms with Crippen LogP contribution < -0.4 is 14.2 Å². The first-order valence-corrected chi connectivity index (χ1v) is 8.90. The average molecular weight is 363 g/mol. The molecule has 0 spiro atoms. The summed E-state index contributed by atoms with van der Waals surface area (Å²) < 4.78 is 21.5. The van der Waals surface area contributed by atoms with E-state index >= 15 is 0 Å². The van der Waals surface area contributed by atoms with Crippen LogP contribution in [0.5, 0.6) is 17.2 Å². The van der Waals surface area contributed by atoms with E-state index < -0.39 is 5.97 Å². The molecule has 26 heavy (non-hydrogen) atoms. The highest BCUT2D eigenvalue weighted by molar-refractivity contribution is 5.92. The van der Waals surface area contributed by atoms with Crippen LogP contribution in [0.4, 0.5) is 0 Å². The van der Waals surface area contributed by atoms with Gasteiger partial charge in [-0.25, -0.2) is 4.79 Å². The number of ether oxygens (including phenoxy) is 4. The summed E-state index contributed by atoms with van der Waals surface area (Å²) in [6, 6.07) is 3.08. The summed E-state index contributed by atoms with van der Waals surface area (Å²) >= 11 is 0. The lowest BCUT2D eigenvalue weighted by molar-refractivity contribution is -0.137. The number of hydrogen-bond donors (Lipinski definition) is 0. The molecule has 1 saturated heterocycles. The van der Waals surface area contributed by atoms with Crippen molar-refractivity contribution in [2.24, 2.45) is 11.8 Å². The van der Waals surface area contributed by atoms with Crippen LogP contribution in [-0.4, -0.2) is 56.8 Å². The van der Waals surface area contributed by atoms with Crippen molar-refractivity contribution in [1.29, 1.82) is 0 Å². The Kier molecular flexibility index (Phi) is 5.54. The van der Waals surface area contributed by atoms with E-state index in [0.29, 0.717) is 55.4 Å². The minimum Gasteiger partial charge on any atom is -0.493 e. The molecule has 2 aliphatic heterocycles. The van der Waals surface area contributed by atoms with Crippen molar-refractivity contribution < 1.29 is 28.5 Å². The number of methoxy groups -OCH3 is 1. The standard InChI is InChI=1S/C19H25NO6/c1-12-6-13(2)10-20(9-12)17(21)11-26-19(22)14-7-15(23-3)18-16(8-14)24-4-5-25-18/h7-8,12-13H,4-6,9-11H2,1-3H3/t12-,13+. The lowest BCUT2D eigenvalue weighted by Crippen LogP contribution is -2.44. The number of amides is 1. The van der Waals surface area contributed by atoms with Gasteiger partial charge >= 0.3 is 5.97 Å². The molecule has 2 heterocycles. The number of piperidine rings is 1. The average Bonchev–Trinajstić information content (AvgIpc) is 2.64. The molecule has 1 fully saturated rings. The zero-order valence-electron chi connectivity index (χ0n) is 15.4. The first kappa shape index (κ1) is 18.4. The minimum absolute atomic E-state index is 0.166. The zero-order chi connectivity index (χ0) is 18.7. The van der Waals surface area contributed by atoms with Crippen molar-refractivity contribution >= 4 is 11.9 Å². The van der Waals surface area contributed by atoms with E-state index in [1.807, 2.05) is 0 Å². The molecule has 0 radical (unpaired) electrons. The molecule has 1 aromatic rings. The van der Waals surface area contributed by atoms with Gasteiger partial charge in [0.05, 0.1) is 12.7 Å². The molecule has 2 atom stereocenters. The summed E-state index contributed by atoms with van der Waals surface area (Å²) in [7, 11) is 1.49. The predicted molar refractivity (Wildman–Crippen MR) is 93.8 cm³/mol. The van der Waals surface area contributed by atoms with Crippen LogP contribution >= 0.6 is 0 Å². The molecule has 0 aromatic heterocycles. The van der Waals surface area contributed by atoms with Crippen LogP contribution in [0.1, 0.15) is 30.6 Å². The summed E-state index contributed by atoms with van der Waals surface area (Å²) in [5.41, 5.74) is 0.263. The van der Waals surface area contributed by atoms with E-state index in [-0.39, 0.29) is 18.1 Å². The molecule has 0 aliphatic carbocycles. The van der Waals surface area contributed by atoms with Gasteiger partial charge in [-0.05, 0) is 30.4 Å². The maximum absolute atomic E-state index is 12.4. The van der Waals surface area contributed by atoms with Gasteiger partial charge in [0.15, 0.2) is 18.1 Å². The van der Waals surface area contributed by atoms with E-state index in [2.05, 4.69) is 13.8 Å². The first-order chi connectivity index (χ1) is 12.5. The highest BCUT2D eigenvalue weighted by Crippen LogP contribution is 2.40. The van der Waals surface area contributed by atoms with Crippen molar-refractivity contribution in [3.63, 3.8) is 0 Å². The molecule has 0 bridgehead atoms. The lowest BCUT2D eigenvalue weighted by atomic mass is 9.92. The molecule has 0 unspecified atom stereocenters. The fourth-order valence-electron chi connectivity index (χ4n) is 3.56. The van der Waals surface area contributed by atoms with Gasteiger partial charge in [-0.2, -0.15) is 0 Å². The minimum atomic E-state index is -0.591. The molecule has 2 aliphatic rings. The Morgan fingerprint density at radius 2 is 1.85 bits per heavy atom. The Labute approximate surface area is 153 Å². The van der Waals surface area contributed by atoms with Crippen molar-refractivity contribution in [3.05, 3.63) is 17.7 Å². The number of benzene rings is 1. The predicted octanol–water partition coefficient (Wildman–Crippen LogP) is 2.13. The molecule has 3 rings (SSSR count). The van der Waals surface area contributed by atoms with E-state index in [1.165, 1.54) is 13.2 Å². The number of rotatable bonds is 4. The number of esters is 1. The molecule has 142 valence electrons. The van der Waals surface area contributed by atoms with Crippen molar-refractivity contribution in [1.82, 2.24) is 4.90 Å². The largest absolute Gasteiger partial charge is 0.493 e. The van der Waals surface area contributed by atoms with Crippen molar-refractivity contribution in [2.75, 3.05) is 40.0 Å². The Bertz CT molecular complexity index is 662. The Morgan fingerprint density at radius 3 is 2.54 bits per heavy atom. The number of hydrogen-bond acceptors (Lipinski definition) is 6. The highest BCUT2D eigenvalue weighted by Gasteiger charge is 2.27. The van der Waals surface area contributed by atoms with Gasteiger partial charge in [0, 0.05) is 13.1 Å². The summed E-state index contributed by atoms with van der Waals surface area (Å²) in [4.78, 5) is 26.5. The Morgan fingerprint density at radius 1 is 1.15 bits per heavy atom. The van der Waals surface area contributed by atoms with E-state index in [4.69, 9.17) is 18.9 Å². The monoisotopic (exact) mass is 363 g/mol. The van der Waals surface area contributed by atoms with Gasteiger partial charge in [-0.3, -0.25) is 4.79 Å². The third-order valence-corrected chi connectivity index (χ3v) is 4.61. The third kappa shape index (κ3) is 4.03. The number of carbonyl (C=O) groups is 2. The van der Waals surface area contributed by atoms with Crippen LogP contribution in [0.3, 0.4) is 0 Å². The smallest absolute Gasteiger partial charge is 0.338 e. The number of fused-ring (bicyclic) bond motifs is 1. The second-order valence-corrected chi connectivity index (χ2v) is 7.02. The molecule has 1 amide bonds. The van der Waals surface area contributed by atoms with Crippen LogP contribution in [0.25, 0.3) is 0 Å². The third-order valence-electron chi connectivity index (χ3n) is 4.61. The molecule has 0 saturated carbocycles. The van der Waals surface area contributed by atoms with Crippen molar-refractivity contribution in [2.45, 2.75) is 20.3 Å². The van der Waals surface area contributed by atoms with E-state index in [1.54, 1.807) is 11.0 Å². The number of likely N-dealkylation sites (tertiary alicyclic amines) is 1. The van der Waals surface area contributed by atoms with Crippen LogP contribution in [0, 0.1) is 11.8 Å². The lowest BCUT2D eigenvalue weighted by Gasteiger charge is -2.34. The normalized spacial score (nSPS) is 21.9. The fourth-order valence-corrected chi connectivity index (χ4v) is 3.56. The SMILES string of the molecule is COc1cc(C(=O)OCC(=O)N2C[C@H](C)C[C@H](C)C2)cc2c1OCCO2. The second-order valence-electron chi connectivity index (χ2n) is 7.02. The molecule has 7 heteroatoms. The number of nitrogens with zero attached hydrogens (tertiary/aromatic N) is 1. The van der Waals surface area contributed by atoms with Gasteiger partial charge in [-0.15, -0.1) is 0 Å². The maximum atomic E-state index is 12.4.